The number of carbonyl (C=O) groups is 1. The molecule has 0 radical (unpaired) electrons. The summed E-state index contributed by atoms with van der Waals surface area (Å²) in [5.41, 5.74) is 2.23. The molecule has 0 aliphatic heterocycles. The molecule has 1 saturated carbocycles. The molecule has 1 amide bonds. The van der Waals surface area contributed by atoms with Crippen molar-refractivity contribution in [1.29, 1.82) is 0 Å². The average Bonchev–Trinajstić information content (AvgIpc) is 3.09. The van der Waals surface area contributed by atoms with Crippen molar-refractivity contribution in [1.82, 2.24) is 20.0 Å². The van der Waals surface area contributed by atoms with Gasteiger partial charge in [-0.1, -0.05) is 12.1 Å². The Labute approximate surface area is 124 Å². The van der Waals surface area contributed by atoms with Crippen molar-refractivity contribution in [3.8, 4) is 5.69 Å². The third-order valence-electron chi connectivity index (χ3n) is 3.51. The van der Waals surface area contributed by atoms with E-state index < -0.39 is 0 Å². The van der Waals surface area contributed by atoms with E-state index in [2.05, 4.69) is 22.5 Å². The molecule has 0 unspecified atom stereocenters. The molecule has 0 bridgehead atoms. The Hall–Kier alpha value is -2.14. The van der Waals surface area contributed by atoms with E-state index in [-0.39, 0.29) is 5.91 Å². The van der Waals surface area contributed by atoms with Gasteiger partial charge in [0.2, 0.25) is 5.91 Å². The maximum absolute atomic E-state index is 11.7. The van der Waals surface area contributed by atoms with Crippen LogP contribution in [0.15, 0.2) is 42.7 Å². The molecule has 1 aliphatic rings. The Morgan fingerprint density at radius 2 is 2.14 bits per heavy atom. The maximum Gasteiger partial charge on any atom is 0.234 e. The molecule has 1 aromatic carbocycles. The molecular formula is C16H20N4O. The van der Waals surface area contributed by atoms with Crippen LogP contribution >= 0.6 is 0 Å². The monoisotopic (exact) mass is 284 g/mol. The lowest BCUT2D eigenvalue weighted by molar-refractivity contribution is -0.122. The standard InChI is InChI=1S/C16H20N4O/c1-19(12-16(21)18-14-5-6-14)11-13-3-7-15(8-4-13)20-10-2-9-17-20/h2-4,7-10,14H,5-6,11-12H2,1H3,(H,18,21). The van der Waals surface area contributed by atoms with Gasteiger partial charge in [0.25, 0.3) is 0 Å². The van der Waals surface area contributed by atoms with Crippen molar-refractivity contribution in [3.05, 3.63) is 48.3 Å². The van der Waals surface area contributed by atoms with Crippen LogP contribution in [0.25, 0.3) is 5.69 Å². The first-order valence-corrected chi connectivity index (χ1v) is 7.27. The third kappa shape index (κ3) is 3.92. The van der Waals surface area contributed by atoms with Crippen molar-refractivity contribution in [2.45, 2.75) is 25.4 Å². The molecule has 3 rings (SSSR count). The molecule has 1 aliphatic carbocycles. The van der Waals surface area contributed by atoms with Crippen molar-refractivity contribution >= 4 is 5.91 Å². The molecule has 5 nitrogen and oxygen atoms in total. The molecule has 21 heavy (non-hydrogen) atoms. The van der Waals surface area contributed by atoms with Crippen LogP contribution in [0.1, 0.15) is 18.4 Å². The summed E-state index contributed by atoms with van der Waals surface area (Å²) in [6.07, 6.45) is 5.94. The lowest BCUT2D eigenvalue weighted by Gasteiger charge is -2.16. The quantitative estimate of drug-likeness (QED) is 0.876. The predicted octanol–water partition coefficient (Wildman–Crippen LogP) is 1.58. The van der Waals surface area contributed by atoms with Crippen molar-refractivity contribution < 1.29 is 4.79 Å². The number of carbonyl (C=O) groups excluding carboxylic acids is 1. The molecule has 110 valence electrons. The number of hydrogen-bond acceptors (Lipinski definition) is 3. The summed E-state index contributed by atoms with van der Waals surface area (Å²) in [4.78, 5) is 13.8. The first-order valence-electron chi connectivity index (χ1n) is 7.27. The second kappa shape index (κ2) is 6.10. The van der Waals surface area contributed by atoms with E-state index in [0.29, 0.717) is 12.6 Å². The van der Waals surface area contributed by atoms with Crippen molar-refractivity contribution in [2.75, 3.05) is 13.6 Å². The van der Waals surface area contributed by atoms with E-state index in [1.165, 1.54) is 5.56 Å². The molecule has 2 aromatic rings. The summed E-state index contributed by atoms with van der Waals surface area (Å²) in [5, 5.41) is 7.21. The van der Waals surface area contributed by atoms with E-state index in [4.69, 9.17) is 0 Å². The van der Waals surface area contributed by atoms with Gasteiger partial charge in [0.1, 0.15) is 0 Å². The number of nitrogens with one attached hydrogen (secondary N) is 1. The number of likely N-dealkylation sites (N-methyl/N-ethyl adjacent to an activating group) is 1. The Morgan fingerprint density at radius 3 is 2.76 bits per heavy atom. The summed E-state index contributed by atoms with van der Waals surface area (Å²) in [5.74, 6) is 0.119. The molecule has 5 heteroatoms. The van der Waals surface area contributed by atoms with Gasteiger partial charge in [0, 0.05) is 25.0 Å². The van der Waals surface area contributed by atoms with E-state index in [9.17, 15) is 4.79 Å². The van der Waals surface area contributed by atoms with Gasteiger partial charge in [-0.25, -0.2) is 4.68 Å². The first kappa shape index (κ1) is 13.8. The predicted molar refractivity (Wildman–Crippen MR) is 81.1 cm³/mol. The lowest BCUT2D eigenvalue weighted by Crippen LogP contribution is -2.35. The highest BCUT2D eigenvalue weighted by Crippen LogP contribution is 2.18. The fraction of sp³-hybridized carbons (Fsp3) is 0.375. The van der Waals surface area contributed by atoms with Gasteiger partial charge in [0.15, 0.2) is 0 Å². The first-order chi connectivity index (χ1) is 10.2. The molecule has 1 fully saturated rings. The van der Waals surface area contributed by atoms with Crippen LogP contribution in [0.2, 0.25) is 0 Å². The lowest BCUT2D eigenvalue weighted by atomic mass is 10.2. The molecular weight excluding hydrogens is 264 g/mol. The van der Waals surface area contributed by atoms with Crippen LogP contribution < -0.4 is 5.32 Å². The smallest absolute Gasteiger partial charge is 0.234 e. The molecule has 0 atom stereocenters. The van der Waals surface area contributed by atoms with Gasteiger partial charge < -0.3 is 5.32 Å². The van der Waals surface area contributed by atoms with Gasteiger partial charge in [-0.3, -0.25) is 9.69 Å². The molecule has 1 heterocycles. The second-order valence-electron chi connectivity index (χ2n) is 5.63. The van der Waals surface area contributed by atoms with Gasteiger partial charge >= 0.3 is 0 Å². The SMILES string of the molecule is CN(CC(=O)NC1CC1)Cc1ccc(-n2cccn2)cc1. The highest BCUT2D eigenvalue weighted by molar-refractivity contribution is 5.78. The Kier molecular flexibility index (Phi) is 4.01. The summed E-state index contributed by atoms with van der Waals surface area (Å²) < 4.78 is 1.83. The van der Waals surface area contributed by atoms with Crippen molar-refractivity contribution in [2.24, 2.45) is 0 Å². The average molecular weight is 284 g/mol. The number of aromatic nitrogens is 2. The van der Waals surface area contributed by atoms with Crippen LogP contribution in [-0.4, -0.2) is 40.2 Å². The summed E-state index contributed by atoms with van der Waals surface area (Å²) in [7, 11) is 1.97. The van der Waals surface area contributed by atoms with Crippen LogP contribution in [0.5, 0.6) is 0 Å². The minimum Gasteiger partial charge on any atom is -0.352 e. The number of benzene rings is 1. The summed E-state index contributed by atoms with van der Waals surface area (Å²) in [6, 6.07) is 10.6. The minimum atomic E-state index is 0.119. The fourth-order valence-corrected chi connectivity index (χ4v) is 2.29. The van der Waals surface area contributed by atoms with Crippen LogP contribution in [0.4, 0.5) is 0 Å². The largest absolute Gasteiger partial charge is 0.352 e. The Morgan fingerprint density at radius 1 is 1.38 bits per heavy atom. The number of amides is 1. The van der Waals surface area contributed by atoms with E-state index in [1.807, 2.05) is 41.0 Å². The molecule has 1 N–H and O–H groups in total. The summed E-state index contributed by atoms with van der Waals surface area (Å²) in [6.45, 7) is 1.20. The van der Waals surface area contributed by atoms with Gasteiger partial charge in [-0.2, -0.15) is 5.10 Å². The Bertz CT molecular complexity index is 587. The zero-order chi connectivity index (χ0) is 14.7. The normalized spacial score (nSPS) is 14.4. The van der Waals surface area contributed by atoms with Crippen LogP contribution in [-0.2, 0) is 11.3 Å². The zero-order valence-corrected chi connectivity index (χ0v) is 12.2. The number of rotatable bonds is 6. The van der Waals surface area contributed by atoms with Gasteiger partial charge in [0.05, 0.1) is 12.2 Å². The van der Waals surface area contributed by atoms with E-state index in [0.717, 1.165) is 25.1 Å². The molecule has 0 saturated heterocycles. The molecule has 1 aromatic heterocycles. The van der Waals surface area contributed by atoms with Gasteiger partial charge in [-0.05, 0) is 43.7 Å². The summed E-state index contributed by atoms with van der Waals surface area (Å²) >= 11 is 0. The van der Waals surface area contributed by atoms with Crippen LogP contribution in [0.3, 0.4) is 0 Å². The van der Waals surface area contributed by atoms with E-state index >= 15 is 0 Å². The fourth-order valence-electron chi connectivity index (χ4n) is 2.29. The van der Waals surface area contributed by atoms with Crippen LogP contribution in [0, 0.1) is 0 Å². The third-order valence-corrected chi connectivity index (χ3v) is 3.51. The van der Waals surface area contributed by atoms with Crippen molar-refractivity contribution in [3.63, 3.8) is 0 Å². The number of nitrogens with zero attached hydrogens (tertiary/aromatic N) is 3. The Balaban J connectivity index is 1.53. The highest BCUT2D eigenvalue weighted by atomic mass is 16.2. The minimum absolute atomic E-state index is 0.119. The topological polar surface area (TPSA) is 50.2 Å². The molecule has 0 spiro atoms. The zero-order valence-electron chi connectivity index (χ0n) is 12.2. The maximum atomic E-state index is 11.7. The van der Waals surface area contributed by atoms with Gasteiger partial charge in [-0.15, -0.1) is 0 Å². The highest BCUT2D eigenvalue weighted by Gasteiger charge is 2.23. The second-order valence-corrected chi connectivity index (χ2v) is 5.63. The number of hydrogen-bond donors (Lipinski definition) is 1. The van der Waals surface area contributed by atoms with E-state index in [1.54, 1.807) is 6.20 Å².